The van der Waals surface area contributed by atoms with Crippen molar-refractivity contribution in [2.45, 2.75) is 19.9 Å². The van der Waals surface area contributed by atoms with E-state index in [1.165, 1.54) is 5.56 Å². The largest absolute Gasteiger partial charge is 0.355 e. The first-order valence-electron chi connectivity index (χ1n) is 7.22. The standard InChI is InChI=1S/C16H22N4O/c1-13(11-17)16(21)19-8-7-15-18-9-10-20(15)12-14-5-3-2-4-6-14/h2-6,9-10,13H,7-8,11-12,17H2,1H3,(H,19,21). The van der Waals surface area contributed by atoms with Crippen molar-refractivity contribution in [3.8, 4) is 0 Å². The van der Waals surface area contributed by atoms with E-state index in [9.17, 15) is 4.79 Å². The third kappa shape index (κ3) is 4.43. The van der Waals surface area contributed by atoms with Crippen LogP contribution >= 0.6 is 0 Å². The molecular formula is C16H22N4O. The Kier molecular flexibility index (Phi) is 5.51. The fraction of sp³-hybridized carbons (Fsp3) is 0.375. The van der Waals surface area contributed by atoms with E-state index in [0.29, 0.717) is 19.5 Å². The molecule has 1 heterocycles. The second-order valence-electron chi connectivity index (χ2n) is 5.13. The highest BCUT2D eigenvalue weighted by atomic mass is 16.1. The number of hydrogen-bond acceptors (Lipinski definition) is 3. The maximum atomic E-state index is 11.7. The Labute approximate surface area is 125 Å². The summed E-state index contributed by atoms with van der Waals surface area (Å²) in [7, 11) is 0. The number of carbonyl (C=O) groups excluding carboxylic acids is 1. The van der Waals surface area contributed by atoms with Crippen LogP contribution in [0.2, 0.25) is 0 Å². The Morgan fingerprint density at radius 2 is 2.14 bits per heavy atom. The Morgan fingerprint density at radius 3 is 2.86 bits per heavy atom. The molecule has 0 aliphatic heterocycles. The molecule has 0 spiro atoms. The van der Waals surface area contributed by atoms with E-state index in [1.54, 1.807) is 6.20 Å². The van der Waals surface area contributed by atoms with E-state index < -0.39 is 0 Å². The van der Waals surface area contributed by atoms with Gasteiger partial charge in [0.2, 0.25) is 5.91 Å². The monoisotopic (exact) mass is 286 g/mol. The molecule has 0 aliphatic carbocycles. The first-order valence-corrected chi connectivity index (χ1v) is 7.22. The molecular weight excluding hydrogens is 264 g/mol. The summed E-state index contributed by atoms with van der Waals surface area (Å²) < 4.78 is 2.11. The van der Waals surface area contributed by atoms with Crippen molar-refractivity contribution in [2.75, 3.05) is 13.1 Å². The molecule has 1 aromatic carbocycles. The molecule has 0 saturated carbocycles. The zero-order valence-electron chi connectivity index (χ0n) is 12.3. The highest BCUT2D eigenvalue weighted by Crippen LogP contribution is 2.06. The van der Waals surface area contributed by atoms with Crippen molar-refractivity contribution in [1.82, 2.24) is 14.9 Å². The fourth-order valence-electron chi connectivity index (χ4n) is 2.07. The number of nitrogens with two attached hydrogens (primary N) is 1. The summed E-state index contributed by atoms with van der Waals surface area (Å²) in [6, 6.07) is 10.2. The maximum Gasteiger partial charge on any atom is 0.224 e. The van der Waals surface area contributed by atoms with Crippen LogP contribution in [0.1, 0.15) is 18.3 Å². The molecule has 0 radical (unpaired) electrons. The summed E-state index contributed by atoms with van der Waals surface area (Å²) >= 11 is 0. The van der Waals surface area contributed by atoms with Crippen LogP contribution in [-0.2, 0) is 17.8 Å². The average molecular weight is 286 g/mol. The van der Waals surface area contributed by atoms with Gasteiger partial charge in [-0.25, -0.2) is 4.98 Å². The first-order chi connectivity index (χ1) is 10.2. The quantitative estimate of drug-likeness (QED) is 0.803. The van der Waals surface area contributed by atoms with Crippen LogP contribution in [0.5, 0.6) is 0 Å². The lowest BCUT2D eigenvalue weighted by Gasteiger charge is -2.11. The van der Waals surface area contributed by atoms with Gasteiger partial charge in [-0.05, 0) is 5.56 Å². The van der Waals surface area contributed by atoms with Crippen molar-refractivity contribution in [3.05, 3.63) is 54.1 Å². The summed E-state index contributed by atoms with van der Waals surface area (Å²) in [5, 5.41) is 2.89. The number of hydrogen-bond donors (Lipinski definition) is 2. The van der Waals surface area contributed by atoms with Gasteiger partial charge in [0.1, 0.15) is 5.82 Å². The number of carbonyl (C=O) groups is 1. The van der Waals surface area contributed by atoms with Crippen molar-refractivity contribution < 1.29 is 4.79 Å². The molecule has 21 heavy (non-hydrogen) atoms. The van der Waals surface area contributed by atoms with Gasteiger partial charge in [0.15, 0.2) is 0 Å². The minimum absolute atomic E-state index is 0.00124. The SMILES string of the molecule is CC(CN)C(=O)NCCc1nccn1Cc1ccccc1. The number of imidazole rings is 1. The summed E-state index contributed by atoms with van der Waals surface area (Å²) in [4.78, 5) is 16.0. The molecule has 1 aromatic heterocycles. The zero-order valence-corrected chi connectivity index (χ0v) is 12.3. The van der Waals surface area contributed by atoms with Gasteiger partial charge in [-0.3, -0.25) is 4.79 Å². The number of rotatable bonds is 7. The van der Waals surface area contributed by atoms with E-state index in [0.717, 1.165) is 12.4 Å². The second-order valence-corrected chi connectivity index (χ2v) is 5.13. The summed E-state index contributed by atoms with van der Waals surface area (Å²) in [6.45, 7) is 3.57. The Morgan fingerprint density at radius 1 is 1.38 bits per heavy atom. The summed E-state index contributed by atoms with van der Waals surface area (Å²) in [5.41, 5.74) is 6.71. The normalized spacial score (nSPS) is 12.1. The van der Waals surface area contributed by atoms with Crippen molar-refractivity contribution >= 4 is 5.91 Å². The van der Waals surface area contributed by atoms with E-state index in [1.807, 2.05) is 31.3 Å². The molecule has 0 bridgehead atoms. The molecule has 5 nitrogen and oxygen atoms in total. The molecule has 5 heteroatoms. The van der Waals surface area contributed by atoms with Crippen LogP contribution in [0.3, 0.4) is 0 Å². The smallest absolute Gasteiger partial charge is 0.224 e. The minimum Gasteiger partial charge on any atom is -0.355 e. The Bertz CT molecular complexity index is 565. The molecule has 0 aliphatic rings. The predicted octanol–water partition coefficient (Wildman–Crippen LogP) is 1.18. The topological polar surface area (TPSA) is 72.9 Å². The fourth-order valence-corrected chi connectivity index (χ4v) is 2.07. The van der Waals surface area contributed by atoms with Gasteiger partial charge in [-0.1, -0.05) is 37.3 Å². The molecule has 0 fully saturated rings. The van der Waals surface area contributed by atoms with E-state index in [4.69, 9.17) is 5.73 Å². The molecule has 112 valence electrons. The number of nitrogens with zero attached hydrogens (tertiary/aromatic N) is 2. The minimum atomic E-state index is -0.144. The molecule has 2 aromatic rings. The summed E-state index contributed by atoms with van der Waals surface area (Å²) in [5.74, 6) is 0.826. The Balaban J connectivity index is 1.88. The van der Waals surface area contributed by atoms with Crippen LogP contribution < -0.4 is 11.1 Å². The van der Waals surface area contributed by atoms with E-state index >= 15 is 0 Å². The lowest BCUT2D eigenvalue weighted by Crippen LogP contribution is -2.34. The molecule has 0 saturated heterocycles. The lowest BCUT2D eigenvalue weighted by molar-refractivity contribution is -0.124. The van der Waals surface area contributed by atoms with E-state index in [2.05, 4.69) is 27.0 Å². The molecule has 1 amide bonds. The van der Waals surface area contributed by atoms with Gasteiger partial charge in [0.05, 0.1) is 0 Å². The first kappa shape index (κ1) is 15.3. The van der Waals surface area contributed by atoms with Crippen LogP contribution in [0.4, 0.5) is 0 Å². The zero-order chi connectivity index (χ0) is 15.1. The van der Waals surface area contributed by atoms with Crippen molar-refractivity contribution in [3.63, 3.8) is 0 Å². The highest BCUT2D eigenvalue weighted by molar-refractivity contribution is 5.78. The molecule has 3 N–H and O–H groups in total. The van der Waals surface area contributed by atoms with Crippen molar-refractivity contribution in [1.29, 1.82) is 0 Å². The van der Waals surface area contributed by atoms with Gasteiger partial charge >= 0.3 is 0 Å². The average Bonchev–Trinajstić information content (AvgIpc) is 2.94. The molecule has 1 unspecified atom stereocenters. The van der Waals surface area contributed by atoms with Gasteiger partial charge in [-0.15, -0.1) is 0 Å². The third-order valence-corrected chi connectivity index (χ3v) is 3.45. The molecule has 1 atom stereocenters. The van der Waals surface area contributed by atoms with Crippen LogP contribution in [0.15, 0.2) is 42.7 Å². The van der Waals surface area contributed by atoms with Gasteiger partial charge < -0.3 is 15.6 Å². The van der Waals surface area contributed by atoms with Crippen LogP contribution in [0, 0.1) is 5.92 Å². The van der Waals surface area contributed by atoms with Gasteiger partial charge in [-0.2, -0.15) is 0 Å². The van der Waals surface area contributed by atoms with Crippen LogP contribution in [-0.4, -0.2) is 28.5 Å². The van der Waals surface area contributed by atoms with Crippen LogP contribution in [0.25, 0.3) is 0 Å². The van der Waals surface area contributed by atoms with Gasteiger partial charge in [0.25, 0.3) is 0 Å². The number of amides is 1. The molecule has 2 rings (SSSR count). The number of nitrogens with one attached hydrogen (secondary N) is 1. The Hall–Kier alpha value is -2.14. The second kappa shape index (κ2) is 7.59. The lowest BCUT2D eigenvalue weighted by atomic mass is 10.1. The maximum absolute atomic E-state index is 11.7. The predicted molar refractivity (Wildman–Crippen MR) is 82.7 cm³/mol. The highest BCUT2D eigenvalue weighted by Gasteiger charge is 2.10. The van der Waals surface area contributed by atoms with Crippen molar-refractivity contribution in [2.24, 2.45) is 11.7 Å². The third-order valence-electron chi connectivity index (χ3n) is 3.45. The summed E-state index contributed by atoms with van der Waals surface area (Å²) in [6.07, 6.45) is 4.47. The van der Waals surface area contributed by atoms with Gasteiger partial charge in [0, 0.05) is 44.4 Å². The number of benzene rings is 1. The number of aromatic nitrogens is 2. The van der Waals surface area contributed by atoms with E-state index in [-0.39, 0.29) is 11.8 Å².